The molecule has 1 aromatic rings. The summed E-state index contributed by atoms with van der Waals surface area (Å²) in [7, 11) is 1.42. The Kier molecular flexibility index (Phi) is 6.06. The van der Waals surface area contributed by atoms with E-state index in [4.69, 9.17) is 4.74 Å². The van der Waals surface area contributed by atoms with Gasteiger partial charge in [0.1, 0.15) is 18.2 Å². The van der Waals surface area contributed by atoms with Crippen LogP contribution in [-0.2, 0) is 4.74 Å². The van der Waals surface area contributed by atoms with Gasteiger partial charge in [-0.2, -0.15) is 13.2 Å². The Morgan fingerprint density at radius 2 is 2.00 bits per heavy atom. The molecule has 0 bridgehead atoms. The highest BCUT2D eigenvalue weighted by Crippen LogP contribution is 2.30. The number of hydrogen-bond acceptors (Lipinski definition) is 2. The number of hydrogen-bond donors (Lipinski definition) is 0. The van der Waals surface area contributed by atoms with Crippen LogP contribution < -0.4 is 4.74 Å². The third-order valence-electron chi connectivity index (χ3n) is 2.33. The largest absolute Gasteiger partial charge is 0.497 e. The van der Waals surface area contributed by atoms with Crippen molar-refractivity contribution in [3.8, 4) is 5.75 Å². The van der Waals surface area contributed by atoms with Crippen LogP contribution in [0.1, 0.15) is 16.8 Å². The van der Waals surface area contributed by atoms with Gasteiger partial charge in [-0.15, -0.1) is 0 Å². The molecule has 0 aliphatic carbocycles. The van der Waals surface area contributed by atoms with E-state index in [1.54, 1.807) is 6.07 Å². The highest BCUT2D eigenvalue weighted by Gasteiger charge is 2.27. The fraction of sp³-hybridized carbons (Fsp3) is 0.500. The lowest BCUT2D eigenvalue weighted by Crippen LogP contribution is -2.17. The molecule has 19 heavy (non-hydrogen) atoms. The summed E-state index contributed by atoms with van der Waals surface area (Å²) >= 11 is 3.22. The van der Waals surface area contributed by atoms with Gasteiger partial charge in [0.15, 0.2) is 0 Å². The molecule has 0 N–H and O–H groups in total. The van der Waals surface area contributed by atoms with E-state index in [0.717, 1.165) is 0 Å². The zero-order chi connectivity index (χ0) is 14.5. The SMILES string of the molecule is COc1ccc(C(Br)CCOCC(F)(F)F)c(F)c1. The van der Waals surface area contributed by atoms with Crippen molar-refractivity contribution < 1.29 is 27.0 Å². The Morgan fingerprint density at radius 3 is 2.53 bits per heavy atom. The van der Waals surface area contributed by atoms with Crippen LogP contribution >= 0.6 is 15.9 Å². The Morgan fingerprint density at radius 1 is 1.32 bits per heavy atom. The van der Waals surface area contributed by atoms with E-state index in [1.165, 1.54) is 19.2 Å². The predicted octanol–water partition coefficient (Wildman–Crippen LogP) is 4.24. The standard InChI is InChI=1S/C12H13BrF4O2/c1-18-8-2-3-9(11(14)6-8)10(13)4-5-19-7-12(15,16)17/h2-3,6,10H,4-5,7H2,1H3. The maximum atomic E-state index is 13.7. The molecule has 0 aliphatic rings. The van der Waals surface area contributed by atoms with E-state index >= 15 is 0 Å². The average molecular weight is 345 g/mol. The summed E-state index contributed by atoms with van der Waals surface area (Å²) in [6.45, 7) is -1.40. The molecule has 0 amide bonds. The Balaban J connectivity index is 2.47. The summed E-state index contributed by atoms with van der Waals surface area (Å²) in [5.41, 5.74) is 0.358. The van der Waals surface area contributed by atoms with Crippen molar-refractivity contribution in [1.29, 1.82) is 0 Å². The maximum absolute atomic E-state index is 13.7. The van der Waals surface area contributed by atoms with Crippen molar-refractivity contribution in [3.63, 3.8) is 0 Å². The predicted molar refractivity (Wildman–Crippen MR) is 66.1 cm³/mol. The Bertz CT molecular complexity index is 409. The molecule has 0 saturated carbocycles. The lowest BCUT2D eigenvalue weighted by molar-refractivity contribution is -0.174. The maximum Gasteiger partial charge on any atom is 0.411 e. The van der Waals surface area contributed by atoms with Gasteiger partial charge in [0.05, 0.1) is 7.11 Å². The summed E-state index contributed by atoms with van der Waals surface area (Å²) in [6.07, 6.45) is -4.10. The molecular weight excluding hydrogens is 332 g/mol. The second-order valence-corrected chi connectivity index (χ2v) is 4.92. The van der Waals surface area contributed by atoms with Gasteiger partial charge in [0.2, 0.25) is 0 Å². The lowest BCUT2D eigenvalue weighted by Gasteiger charge is -2.13. The first-order chi connectivity index (χ1) is 8.83. The molecule has 0 radical (unpaired) electrons. The van der Waals surface area contributed by atoms with Crippen molar-refractivity contribution in [2.24, 2.45) is 0 Å². The average Bonchev–Trinajstić information content (AvgIpc) is 2.33. The fourth-order valence-corrected chi connectivity index (χ4v) is 1.98. The van der Waals surface area contributed by atoms with Crippen molar-refractivity contribution in [2.45, 2.75) is 17.4 Å². The molecular formula is C12H13BrF4O2. The number of alkyl halides is 4. The third kappa shape index (κ3) is 5.78. The van der Waals surface area contributed by atoms with Gasteiger partial charge in [-0.05, 0) is 12.5 Å². The van der Waals surface area contributed by atoms with Crippen LogP contribution in [-0.4, -0.2) is 26.5 Å². The quantitative estimate of drug-likeness (QED) is 0.436. The number of ether oxygens (including phenoxy) is 2. The second-order valence-electron chi connectivity index (χ2n) is 3.81. The van der Waals surface area contributed by atoms with Gasteiger partial charge in [-0.1, -0.05) is 22.0 Å². The van der Waals surface area contributed by atoms with Crippen LogP contribution in [0.25, 0.3) is 0 Å². The third-order valence-corrected chi connectivity index (χ3v) is 3.28. The van der Waals surface area contributed by atoms with Crippen molar-refractivity contribution >= 4 is 15.9 Å². The van der Waals surface area contributed by atoms with Gasteiger partial charge in [0.25, 0.3) is 0 Å². The summed E-state index contributed by atoms with van der Waals surface area (Å²) in [4.78, 5) is -0.411. The number of methoxy groups -OCH3 is 1. The fourth-order valence-electron chi connectivity index (χ4n) is 1.42. The summed E-state index contributed by atoms with van der Waals surface area (Å²) in [5.74, 6) is -0.0914. The van der Waals surface area contributed by atoms with Gasteiger partial charge >= 0.3 is 6.18 Å². The first kappa shape index (κ1) is 16.2. The molecule has 2 nitrogen and oxygen atoms in total. The van der Waals surface area contributed by atoms with Gasteiger partial charge in [-0.25, -0.2) is 4.39 Å². The molecule has 1 aromatic carbocycles. The van der Waals surface area contributed by atoms with Crippen LogP contribution in [0.2, 0.25) is 0 Å². The van der Waals surface area contributed by atoms with E-state index in [9.17, 15) is 17.6 Å². The van der Waals surface area contributed by atoms with Gasteiger partial charge < -0.3 is 9.47 Å². The number of benzene rings is 1. The number of rotatable bonds is 6. The smallest absolute Gasteiger partial charge is 0.411 e. The molecule has 1 unspecified atom stereocenters. The van der Waals surface area contributed by atoms with Crippen LogP contribution in [0, 0.1) is 5.82 Å². The first-order valence-corrected chi connectivity index (χ1v) is 6.37. The molecule has 0 saturated heterocycles. The monoisotopic (exact) mass is 344 g/mol. The topological polar surface area (TPSA) is 18.5 Å². The molecule has 7 heteroatoms. The van der Waals surface area contributed by atoms with E-state index < -0.39 is 23.4 Å². The normalized spacial score (nSPS) is 13.4. The zero-order valence-electron chi connectivity index (χ0n) is 10.1. The van der Waals surface area contributed by atoms with E-state index in [1.807, 2.05) is 0 Å². The molecule has 0 heterocycles. The minimum atomic E-state index is -4.34. The molecule has 0 aliphatic heterocycles. The molecule has 0 aromatic heterocycles. The summed E-state index contributed by atoms with van der Waals surface area (Å²) in [5, 5.41) is 0. The molecule has 108 valence electrons. The first-order valence-electron chi connectivity index (χ1n) is 5.45. The van der Waals surface area contributed by atoms with Crippen molar-refractivity contribution in [1.82, 2.24) is 0 Å². The summed E-state index contributed by atoms with van der Waals surface area (Å²) in [6, 6.07) is 4.33. The number of halogens is 5. The minimum Gasteiger partial charge on any atom is -0.497 e. The van der Waals surface area contributed by atoms with Crippen molar-refractivity contribution in [3.05, 3.63) is 29.6 Å². The van der Waals surface area contributed by atoms with Crippen LogP contribution in [0.3, 0.4) is 0 Å². The highest BCUT2D eigenvalue weighted by molar-refractivity contribution is 9.09. The van der Waals surface area contributed by atoms with Gasteiger partial charge in [0, 0.05) is 23.1 Å². The van der Waals surface area contributed by atoms with E-state index in [0.29, 0.717) is 11.3 Å². The lowest BCUT2D eigenvalue weighted by atomic mass is 10.1. The van der Waals surface area contributed by atoms with Crippen LogP contribution in [0.4, 0.5) is 17.6 Å². The Labute approximate surface area is 116 Å². The minimum absolute atomic E-state index is 0.110. The molecule has 1 atom stereocenters. The van der Waals surface area contributed by atoms with E-state index in [-0.39, 0.29) is 13.0 Å². The van der Waals surface area contributed by atoms with Crippen molar-refractivity contribution in [2.75, 3.05) is 20.3 Å². The Hall–Kier alpha value is -0.820. The molecule has 1 rings (SSSR count). The van der Waals surface area contributed by atoms with Crippen LogP contribution in [0.5, 0.6) is 5.75 Å². The van der Waals surface area contributed by atoms with E-state index in [2.05, 4.69) is 20.7 Å². The zero-order valence-corrected chi connectivity index (χ0v) is 11.7. The molecule has 0 spiro atoms. The molecule has 0 fully saturated rings. The highest BCUT2D eigenvalue weighted by atomic mass is 79.9. The van der Waals surface area contributed by atoms with Crippen LogP contribution in [0.15, 0.2) is 18.2 Å². The van der Waals surface area contributed by atoms with Gasteiger partial charge in [-0.3, -0.25) is 0 Å². The summed E-state index contributed by atoms with van der Waals surface area (Å²) < 4.78 is 58.5. The second kappa shape index (κ2) is 7.09.